The first-order valence-corrected chi connectivity index (χ1v) is 6.71. The minimum absolute atomic E-state index is 0.201. The molecule has 0 spiro atoms. The molecule has 0 fully saturated rings. The standard InChI is InChI=1S/C13H11BrClN3O/c1-7-3-4-9(6-10(7)14)12(19)18-13-16-8(2)5-11(15)17-13/h3-6H,1-2H3,(H,16,17,18,19). The topological polar surface area (TPSA) is 54.9 Å². The van der Waals surface area contributed by atoms with Gasteiger partial charge in [0.1, 0.15) is 5.15 Å². The number of anilines is 1. The third kappa shape index (κ3) is 3.52. The van der Waals surface area contributed by atoms with Crippen LogP contribution in [0.15, 0.2) is 28.7 Å². The molecule has 0 atom stereocenters. The van der Waals surface area contributed by atoms with Gasteiger partial charge in [-0.15, -0.1) is 0 Å². The minimum Gasteiger partial charge on any atom is -0.290 e. The normalized spacial score (nSPS) is 10.3. The van der Waals surface area contributed by atoms with E-state index in [1.807, 2.05) is 13.0 Å². The van der Waals surface area contributed by atoms with Crippen molar-refractivity contribution in [1.82, 2.24) is 9.97 Å². The summed E-state index contributed by atoms with van der Waals surface area (Å²) in [4.78, 5) is 20.1. The lowest BCUT2D eigenvalue weighted by molar-refractivity contribution is 0.102. The van der Waals surface area contributed by atoms with Crippen LogP contribution in [0.3, 0.4) is 0 Å². The average molecular weight is 341 g/mol. The molecule has 0 bridgehead atoms. The van der Waals surface area contributed by atoms with Crippen molar-refractivity contribution < 1.29 is 4.79 Å². The quantitative estimate of drug-likeness (QED) is 0.847. The van der Waals surface area contributed by atoms with Crippen molar-refractivity contribution in [1.29, 1.82) is 0 Å². The van der Waals surface area contributed by atoms with E-state index in [4.69, 9.17) is 11.6 Å². The highest BCUT2D eigenvalue weighted by molar-refractivity contribution is 9.10. The summed E-state index contributed by atoms with van der Waals surface area (Å²) in [5.41, 5.74) is 2.28. The summed E-state index contributed by atoms with van der Waals surface area (Å²) in [7, 11) is 0. The molecule has 6 heteroatoms. The fourth-order valence-electron chi connectivity index (χ4n) is 1.49. The van der Waals surface area contributed by atoms with E-state index in [1.54, 1.807) is 25.1 Å². The number of aryl methyl sites for hydroxylation is 2. The Labute approximate surface area is 124 Å². The SMILES string of the molecule is Cc1cc(Cl)nc(NC(=O)c2ccc(C)c(Br)c2)n1. The van der Waals surface area contributed by atoms with Gasteiger partial charge in [0.2, 0.25) is 5.95 Å². The third-order valence-electron chi connectivity index (χ3n) is 2.48. The number of nitrogens with zero attached hydrogens (tertiary/aromatic N) is 2. The van der Waals surface area contributed by atoms with Crippen molar-refractivity contribution in [3.05, 3.63) is 50.7 Å². The molecule has 19 heavy (non-hydrogen) atoms. The van der Waals surface area contributed by atoms with Crippen LogP contribution in [0.1, 0.15) is 21.6 Å². The molecule has 1 aromatic heterocycles. The van der Waals surface area contributed by atoms with Gasteiger partial charge in [-0.1, -0.05) is 33.6 Å². The van der Waals surface area contributed by atoms with Crippen LogP contribution < -0.4 is 5.32 Å². The lowest BCUT2D eigenvalue weighted by atomic mass is 10.1. The van der Waals surface area contributed by atoms with E-state index in [0.717, 1.165) is 10.0 Å². The maximum absolute atomic E-state index is 12.0. The highest BCUT2D eigenvalue weighted by Crippen LogP contribution is 2.18. The largest absolute Gasteiger partial charge is 0.290 e. The van der Waals surface area contributed by atoms with Gasteiger partial charge in [-0.25, -0.2) is 9.97 Å². The molecular formula is C13H11BrClN3O. The van der Waals surface area contributed by atoms with Gasteiger partial charge in [0.05, 0.1) is 0 Å². The molecule has 1 amide bonds. The number of benzene rings is 1. The second-order valence-corrected chi connectivity index (χ2v) is 5.32. The fourth-order valence-corrected chi connectivity index (χ4v) is 2.11. The van der Waals surface area contributed by atoms with Gasteiger partial charge in [0.25, 0.3) is 5.91 Å². The Morgan fingerprint density at radius 1 is 1.26 bits per heavy atom. The molecular weight excluding hydrogens is 330 g/mol. The summed E-state index contributed by atoms with van der Waals surface area (Å²) in [5, 5.41) is 2.92. The molecule has 2 rings (SSSR count). The van der Waals surface area contributed by atoms with Gasteiger partial charge < -0.3 is 0 Å². The summed E-state index contributed by atoms with van der Waals surface area (Å²) < 4.78 is 0.878. The van der Waals surface area contributed by atoms with Gasteiger partial charge in [-0.3, -0.25) is 10.1 Å². The average Bonchev–Trinajstić information content (AvgIpc) is 2.31. The van der Waals surface area contributed by atoms with Gasteiger partial charge in [0.15, 0.2) is 0 Å². The second kappa shape index (κ2) is 5.67. The van der Waals surface area contributed by atoms with E-state index in [1.165, 1.54) is 0 Å². The first-order valence-electron chi connectivity index (χ1n) is 5.54. The number of aromatic nitrogens is 2. The van der Waals surface area contributed by atoms with E-state index in [0.29, 0.717) is 16.4 Å². The van der Waals surface area contributed by atoms with Crippen LogP contribution in [-0.4, -0.2) is 15.9 Å². The van der Waals surface area contributed by atoms with Crippen LogP contribution in [0.4, 0.5) is 5.95 Å². The van der Waals surface area contributed by atoms with E-state index in [2.05, 4.69) is 31.2 Å². The van der Waals surface area contributed by atoms with E-state index in [-0.39, 0.29) is 11.9 Å². The zero-order valence-electron chi connectivity index (χ0n) is 10.4. The summed E-state index contributed by atoms with van der Waals surface area (Å²) in [6.07, 6.45) is 0. The van der Waals surface area contributed by atoms with Crippen LogP contribution in [0.25, 0.3) is 0 Å². The van der Waals surface area contributed by atoms with E-state index >= 15 is 0 Å². The smallest absolute Gasteiger partial charge is 0.258 e. The number of hydrogen-bond donors (Lipinski definition) is 1. The van der Waals surface area contributed by atoms with Gasteiger partial charge in [-0.2, -0.15) is 0 Å². The highest BCUT2D eigenvalue weighted by atomic mass is 79.9. The van der Waals surface area contributed by atoms with Gasteiger partial charge in [-0.05, 0) is 37.6 Å². The van der Waals surface area contributed by atoms with E-state index < -0.39 is 0 Å². The molecule has 0 saturated heterocycles. The number of amides is 1. The minimum atomic E-state index is -0.276. The van der Waals surface area contributed by atoms with Crippen LogP contribution >= 0.6 is 27.5 Å². The number of carbonyl (C=O) groups is 1. The molecule has 0 radical (unpaired) electrons. The van der Waals surface area contributed by atoms with Crippen LogP contribution in [0, 0.1) is 13.8 Å². The Morgan fingerprint density at radius 2 is 2.00 bits per heavy atom. The van der Waals surface area contributed by atoms with Gasteiger partial charge in [0, 0.05) is 15.7 Å². The van der Waals surface area contributed by atoms with Gasteiger partial charge >= 0.3 is 0 Å². The monoisotopic (exact) mass is 339 g/mol. The number of hydrogen-bond acceptors (Lipinski definition) is 3. The summed E-state index contributed by atoms with van der Waals surface area (Å²) in [5.74, 6) is -0.0749. The van der Waals surface area contributed by atoms with Crippen molar-refractivity contribution in [2.24, 2.45) is 0 Å². The Balaban J connectivity index is 2.22. The Kier molecular flexibility index (Phi) is 4.17. The summed E-state index contributed by atoms with van der Waals surface area (Å²) in [6, 6.07) is 6.98. The molecule has 4 nitrogen and oxygen atoms in total. The molecule has 0 aliphatic rings. The summed E-state index contributed by atoms with van der Waals surface area (Å²) in [6.45, 7) is 3.74. The predicted octanol–water partition coefficient (Wildman–Crippen LogP) is 3.76. The number of halogens is 2. The molecule has 1 aromatic carbocycles. The molecule has 1 heterocycles. The van der Waals surface area contributed by atoms with Crippen molar-refractivity contribution in [2.75, 3.05) is 5.32 Å². The molecule has 0 aliphatic carbocycles. The van der Waals surface area contributed by atoms with Crippen LogP contribution in [0.2, 0.25) is 5.15 Å². The van der Waals surface area contributed by atoms with Crippen molar-refractivity contribution >= 4 is 39.4 Å². The molecule has 0 saturated carbocycles. The maximum atomic E-state index is 12.0. The second-order valence-electron chi connectivity index (χ2n) is 4.07. The molecule has 0 unspecified atom stereocenters. The van der Waals surface area contributed by atoms with Crippen molar-refractivity contribution in [2.45, 2.75) is 13.8 Å². The van der Waals surface area contributed by atoms with Crippen LogP contribution in [-0.2, 0) is 0 Å². The van der Waals surface area contributed by atoms with Crippen molar-refractivity contribution in [3.63, 3.8) is 0 Å². The first-order chi connectivity index (χ1) is 8.95. The number of nitrogens with one attached hydrogen (secondary N) is 1. The van der Waals surface area contributed by atoms with E-state index in [9.17, 15) is 4.79 Å². The Bertz CT molecular complexity index is 626. The van der Waals surface area contributed by atoms with Crippen LogP contribution in [0.5, 0.6) is 0 Å². The lowest BCUT2D eigenvalue weighted by Gasteiger charge is -2.06. The zero-order chi connectivity index (χ0) is 14.0. The lowest BCUT2D eigenvalue weighted by Crippen LogP contribution is -2.14. The number of rotatable bonds is 2. The first kappa shape index (κ1) is 14.0. The molecule has 98 valence electrons. The highest BCUT2D eigenvalue weighted by Gasteiger charge is 2.10. The summed E-state index contributed by atoms with van der Waals surface area (Å²) >= 11 is 9.21. The molecule has 1 N–H and O–H groups in total. The molecule has 0 aliphatic heterocycles. The Morgan fingerprint density at radius 3 is 2.63 bits per heavy atom. The predicted molar refractivity (Wildman–Crippen MR) is 78.6 cm³/mol. The number of carbonyl (C=O) groups excluding carboxylic acids is 1. The third-order valence-corrected chi connectivity index (χ3v) is 3.53. The zero-order valence-corrected chi connectivity index (χ0v) is 12.7. The maximum Gasteiger partial charge on any atom is 0.258 e. The fraction of sp³-hybridized carbons (Fsp3) is 0.154. The van der Waals surface area contributed by atoms with Crippen molar-refractivity contribution in [3.8, 4) is 0 Å². The Hall–Kier alpha value is -1.46. The molecule has 2 aromatic rings.